The molecule has 0 atom stereocenters. The van der Waals surface area contributed by atoms with Gasteiger partial charge in [0.25, 0.3) is 0 Å². The predicted octanol–water partition coefficient (Wildman–Crippen LogP) is 4.55. The van der Waals surface area contributed by atoms with E-state index in [1.54, 1.807) is 11.0 Å². The Bertz CT molecular complexity index is 850. The van der Waals surface area contributed by atoms with Gasteiger partial charge in [-0.3, -0.25) is 5.32 Å². The molecule has 0 aliphatic heterocycles. The smallest absolute Gasteiger partial charge is 0.248 e. The SMILES string of the molecule is S=C(Nc1ccc(Br)cc1)Nc1ncn(Cc2cccc(Cl)c2)n1. The van der Waals surface area contributed by atoms with Gasteiger partial charge in [-0.25, -0.2) is 9.67 Å². The summed E-state index contributed by atoms with van der Waals surface area (Å²) in [5.41, 5.74) is 1.93. The molecule has 0 radical (unpaired) electrons. The minimum absolute atomic E-state index is 0.429. The van der Waals surface area contributed by atoms with E-state index in [9.17, 15) is 0 Å². The van der Waals surface area contributed by atoms with E-state index in [2.05, 4.69) is 36.6 Å². The zero-order chi connectivity index (χ0) is 16.9. The van der Waals surface area contributed by atoms with Crippen molar-refractivity contribution in [2.24, 2.45) is 0 Å². The molecule has 3 aromatic rings. The highest BCUT2D eigenvalue weighted by molar-refractivity contribution is 9.10. The quantitative estimate of drug-likeness (QED) is 0.604. The molecular formula is C16H13BrClN5S. The molecule has 3 rings (SSSR count). The number of hydrogen-bond donors (Lipinski definition) is 2. The fourth-order valence-corrected chi connectivity index (χ4v) is 2.73. The number of anilines is 2. The highest BCUT2D eigenvalue weighted by atomic mass is 79.9. The van der Waals surface area contributed by atoms with Crippen LogP contribution in [0.5, 0.6) is 0 Å². The van der Waals surface area contributed by atoms with Crippen molar-refractivity contribution in [2.75, 3.05) is 10.6 Å². The maximum absolute atomic E-state index is 5.99. The van der Waals surface area contributed by atoms with Crippen LogP contribution in [0.2, 0.25) is 5.02 Å². The van der Waals surface area contributed by atoms with E-state index < -0.39 is 0 Å². The summed E-state index contributed by atoms with van der Waals surface area (Å²) in [6.45, 7) is 0.585. The number of rotatable bonds is 4. The van der Waals surface area contributed by atoms with Crippen molar-refractivity contribution in [3.63, 3.8) is 0 Å². The Labute approximate surface area is 158 Å². The lowest BCUT2D eigenvalue weighted by Gasteiger charge is -2.07. The van der Waals surface area contributed by atoms with E-state index in [4.69, 9.17) is 23.8 Å². The van der Waals surface area contributed by atoms with E-state index in [-0.39, 0.29) is 0 Å². The number of nitrogens with one attached hydrogen (secondary N) is 2. The highest BCUT2D eigenvalue weighted by Gasteiger charge is 2.05. The van der Waals surface area contributed by atoms with Crippen LogP contribution in [0.1, 0.15) is 5.56 Å². The molecule has 8 heteroatoms. The Balaban J connectivity index is 1.59. The first-order valence-electron chi connectivity index (χ1n) is 7.06. The lowest BCUT2D eigenvalue weighted by atomic mass is 10.2. The van der Waals surface area contributed by atoms with Crippen molar-refractivity contribution in [3.05, 3.63) is 69.9 Å². The molecule has 24 heavy (non-hydrogen) atoms. The normalized spacial score (nSPS) is 10.4. The topological polar surface area (TPSA) is 54.8 Å². The molecule has 0 bridgehead atoms. The standard InChI is InChI=1S/C16H13BrClN5S/c17-12-4-6-14(7-5-12)20-16(24)21-15-19-10-23(22-15)9-11-2-1-3-13(18)8-11/h1-8,10H,9H2,(H2,20,21,22,24). The Hall–Kier alpha value is -1.96. The summed E-state index contributed by atoms with van der Waals surface area (Å²) < 4.78 is 2.73. The van der Waals surface area contributed by atoms with E-state index in [0.717, 1.165) is 15.7 Å². The Morgan fingerprint density at radius 3 is 2.71 bits per heavy atom. The van der Waals surface area contributed by atoms with Crippen LogP contribution in [-0.4, -0.2) is 19.9 Å². The second-order valence-corrected chi connectivity index (χ2v) is 6.74. The lowest BCUT2D eigenvalue weighted by molar-refractivity contribution is 0.687. The minimum Gasteiger partial charge on any atom is -0.332 e. The molecule has 0 aliphatic carbocycles. The molecule has 0 fully saturated rings. The number of halogens is 2. The molecule has 0 unspecified atom stereocenters. The molecule has 0 spiro atoms. The Kier molecular flexibility index (Phi) is 5.44. The number of aromatic nitrogens is 3. The van der Waals surface area contributed by atoms with Crippen molar-refractivity contribution in [1.82, 2.24) is 14.8 Å². The molecule has 5 nitrogen and oxygen atoms in total. The maximum Gasteiger partial charge on any atom is 0.248 e. The van der Waals surface area contributed by atoms with E-state index in [1.165, 1.54) is 0 Å². The van der Waals surface area contributed by atoms with Gasteiger partial charge in [-0.05, 0) is 54.2 Å². The van der Waals surface area contributed by atoms with Gasteiger partial charge in [0.1, 0.15) is 6.33 Å². The first kappa shape index (κ1) is 16.9. The summed E-state index contributed by atoms with van der Waals surface area (Å²) in [6.07, 6.45) is 1.64. The second kappa shape index (κ2) is 7.74. The Morgan fingerprint density at radius 1 is 1.17 bits per heavy atom. The van der Waals surface area contributed by atoms with Crippen molar-refractivity contribution >= 4 is 56.5 Å². The van der Waals surface area contributed by atoms with Gasteiger partial charge in [0.15, 0.2) is 5.11 Å². The predicted molar refractivity (Wildman–Crippen MR) is 105 cm³/mol. The third kappa shape index (κ3) is 4.77. The van der Waals surface area contributed by atoms with Gasteiger partial charge in [-0.2, -0.15) is 0 Å². The first-order chi connectivity index (χ1) is 11.6. The van der Waals surface area contributed by atoms with Crippen LogP contribution in [0.25, 0.3) is 0 Å². The van der Waals surface area contributed by atoms with Gasteiger partial charge in [0, 0.05) is 15.2 Å². The molecule has 2 aromatic carbocycles. The summed E-state index contributed by atoms with van der Waals surface area (Å²) in [5.74, 6) is 0.437. The van der Waals surface area contributed by atoms with E-state index >= 15 is 0 Å². The maximum atomic E-state index is 5.99. The minimum atomic E-state index is 0.429. The van der Waals surface area contributed by atoms with Crippen LogP contribution in [0, 0.1) is 0 Å². The Morgan fingerprint density at radius 2 is 1.96 bits per heavy atom. The molecular weight excluding hydrogens is 410 g/mol. The first-order valence-corrected chi connectivity index (χ1v) is 8.64. The van der Waals surface area contributed by atoms with Crippen LogP contribution < -0.4 is 10.6 Å². The average molecular weight is 423 g/mol. The summed E-state index contributed by atoms with van der Waals surface area (Å²) >= 11 is 14.6. The molecule has 1 heterocycles. The summed E-state index contributed by atoms with van der Waals surface area (Å²) in [5, 5.41) is 11.5. The van der Waals surface area contributed by atoms with E-state index in [1.807, 2.05) is 48.5 Å². The number of thiocarbonyl (C=S) groups is 1. The van der Waals surface area contributed by atoms with Crippen molar-refractivity contribution < 1.29 is 0 Å². The van der Waals surface area contributed by atoms with Gasteiger partial charge in [0.05, 0.1) is 6.54 Å². The molecule has 0 saturated heterocycles. The third-order valence-corrected chi connectivity index (χ3v) is 4.07. The second-order valence-electron chi connectivity index (χ2n) is 4.98. The molecule has 122 valence electrons. The fourth-order valence-electron chi connectivity index (χ4n) is 2.05. The summed E-state index contributed by atoms with van der Waals surface area (Å²) in [6, 6.07) is 15.3. The molecule has 0 aliphatic rings. The van der Waals surface area contributed by atoms with Gasteiger partial charge >= 0.3 is 0 Å². The van der Waals surface area contributed by atoms with Gasteiger partial charge in [0.2, 0.25) is 5.95 Å². The van der Waals surface area contributed by atoms with Gasteiger partial charge in [-0.1, -0.05) is 39.7 Å². The van der Waals surface area contributed by atoms with Crippen molar-refractivity contribution in [3.8, 4) is 0 Å². The zero-order valence-electron chi connectivity index (χ0n) is 12.4. The van der Waals surface area contributed by atoms with Gasteiger partial charge < -0.3 is 5.32 Å². The molecule has 0 saturated carbocycles. The van der Waals surface area contributed by atoms with Gasteiger partial charge in [-0.15, -0.1) is 5.10 Å². The van der Waals surface area contributed by atoms with Crippen LogP contribution >= 0.6 is 39.7 Å². The summed E-state index contributed by atoms with van der Waals surface area (Å²) in [4.78, 5) is 4.20. The summed E-state index contributed by atoms with van der Waals surface area (Å²) in [7, 11) is 0. The number of hydrogen-bond acceptors (Lipinski definition) is 3. The van der Waals surface area contributed by atoms with Crippen molar-refractivity contribution in [2.45, 2.75) is 6.54 Å². The van der Waals surface area contributed by atoms with Crippen molar-refractivity contribution in [1.29, 1.82) is 0 Å². The molecule has 2 N–H and O–H groups in total. The van der Waals surface area contributed by atoms with E-state index in [0.29, 0.717) is 22.6 Å². The largest absolute Gasteiger partial charge is 0.332 e. The monoisotopic (exact) mass is 421 g/mol. The molecule has 1 aromatic heterocycles. The molecule has 0 amide bonds. The average Bonchev–Trinajstić information content (AvgIpc) is 2.96. The van der Waals surface area contributed by atoms with Crippen LogP contribution in [0.15, 0.2) is 59.3 Å². The highest BCUT2D eigenvalue weighted by Crippen LogP contribution is 2.15. The fraction of sp³-hybridized carbons (Fsp3) is 0.0625. The van der Waals surface area contributed by atoms with Crippen LogP contribution in [0.3, 0.4) is 0 Å². The zero-order valence-corrected chi connectivity index (χ0v) is 15.6. The van der Waals surface area contributed by atoms with Crippen LogP contribution in [-0.2, 0) is 6.54 Å². The van der Waals surface area contributed by atoms with Crippen LogP contribution in [0.4, 0.5) is 11.6 Å². The number of benzene rings is 2. The third-order valence-electron chi connectivity index (χ3n) is 3.10. The number of nitrogens with zero attached hydrogens (tertiary/aromatic N) is 3. The lowest BCUT2D eigenvalue weighted by Crippen LogP contribution is -2.20.